The second-order valence-corrected chi connectivity index (χ2v) is 8.68. The topological polar surface area (TPSA) is 49.8 Å². The standard InChI is InChI=1S/C18H26O3/c1-15(20)8-9-16(2)12(10-15)6-7-17(3)13(16)4-5-14(19)18(17)11-21-18/h4-5,12-13,20H,6-11H2,1-3H3. The van der Waals surface area contributed by atoms with E-state index in [-0.39, 0.29) is 16.6 Å². The third-order valence-corrected chi connectivity index (χ3v) is 7.42. The highest BCUT2D eigenvalue weighted by atomic mass is 16.6. The number of hydrogen-bond acceptors (Lipinski definition) is 3. The van der Waals surface area contributed by atoms with Gasteiger partial charge < -0.3 is 9.84 Å². The molecule has 0 bridgehead atoms. The number of ether oxygens (including phenoxy) is 1. The fourth-order valence-corrected chi connectivity index (χ4v) is 5.84. The predicted molar refractivity (Wildman–Crippen MR) is 79.7 cm³/mol. The molecule has 1 N–H and O–H groups in total. The Balaban J connectivity index is 1.76. The molecule has 1 saturated heterocycles. The third-order valence-electron chi connectivity index (χ3n) is 7.42. The highest BCUT2D eigenvalue weighted by Gasteiger charge is 2.71. The van der Waals surface area contributed by atoms with E-state index in [4.69, 9.17) is 4.74 Å². The van der Waals surface area contributed by atoms with E-state index in [0.717, 1.165) is 32.1 Å². The molecular formula is C18H26O3. The van der Waals surface area contributed by atoms with Gasteiger partial charge in [0.2, 0.25) is 0 Å². The molecule has 4 rings (SSSR count). The van der Waals surface area contributed by atoms with E-state index in [1.165, 1.54) is 0 Å². The Morgan fingerprint density at radius 3 is 2.62 bits per heavy atom. The number of aliphatic hydroxyl groups is 1. The van der Waals surface area contributed by atoms with Crippen molar-refractivity contribution in [2.24, 2.45) is 22.7 Å². The van der Waals surface area contributed by atoms with Crippen molar-refractivity contribution in [1.82, 2.24) is 0 Å². The number of epoxide rings is 1. The lowest BCUT2D eigenvalue weighted by Gasteiger charge is -2.61. The van der Waals surface area contributed by atoms with Crippen LogP contribution in [-0.2, 0) is 9.53 Å². The van der Waals surface area contributed by atoms with Crippen LogP contribution in [0.15, 0.2) is 12.2 Å². The van der Waals surface area contributed by atoms with Gasteiger partial charge in [-0.25, -0.2) is 0 Å². The second kappa shape index (κ2) is 3.80. The molecule has 3 fully saturated rings. The summed E-state index contributed by atoms with van der Waals surface area (Å²) in [6.45, 7) is 7.22. The molecule has 0 aromatic carbocycles. The van der Waals surface area contributed by atoms with Gasteiger partial charge in [0.05, 0.1) is 12.2 Å². The van der Waals surface area contributed by atoms with Crippen LogP contribution in [0.2, 0.25) is 0 Å². The van der Waals surface area contributed by atoms with Gasteiger partial charge in [0.25, 0.3) is 0 Å². The summed E-state index contributed by atoms with van der Waals surface area (Å²) in [4.78, 5) is 12.4. The maximum Gasteiger partial charge on any atom is 0.190 e. The second-order valence-electron chi connectivity index (χ2n) is 8.68. The van der Waals surface area contributed by atoms with Crippen LogP contribution in [0.5, 0.6) is 0 Å². The molecule has 116 valence electrons. The fraction of sp³-hybridized carbons (Fsp3) is 0.833. The molecule has 4 aliphatic rings. The van der Waals surface area contributed by atoms with Crippen molar-refractivity contribution in [3.8, 4) is 0 Å². The highest BCUT2D eigenvalue weighted by Crippen LogP contribution is 2.68. The normalized spacial score (nSPS) is 58.8. The minimum atomic E-state index is -0.527. The predicted octanol–water partition coefficient (Wildman–Crippen LogP) is 2.87. The summed E-state index contributed by atoms with van der Waals surface area (Å²) in [5.74, 6) is 1.11. The number of rotatable bonds is 0. The number of ketones is 1. The van der Waals surface area contributed by atoms with Crippen LogP contribution in [0, 0.1) is 22.7 Å². The maximum atomic E-state index is 12.4. The molecule has 21 heavy (non-hydrogen) atoms. The Kier molecular flexibility index (Phi) is 2.53. The van der Waals surface area contributed by atoms with Gasteiger partial charge in [0.1, 0.15) is 0 Å². The summed E-state index contributed by atoms with van der Waals surface area (Å²) in [6.07, 6.45) is 8.88. The molecule has 3 heteroatoms. The van der Waals surface area contributed by atoms with Gasteiger partial charge in [-0.15, -0.1) is 0 Å². The largest absolute Gasteiger partial charge is 0.390 e. The summed E-state index contributed by atoms with van der Waals surface area (Å²) in [5, 5.41) is 10.4. The Bertz CT molecular complexity index is 531. The molecule has 0 amide bonds. The molecule has 3 aliphatic carbocycles. The van der Waals surface area contributed by atoms with Crippen LogP contribution in [0.4, 0.5) is 0 Å². The van der Waals surface area contributed by atoms with Gasteiger partial charge in [0.15, 0.2) is 11.4 Å². The van der Waals surface area contributed by atoms with Crippen molar-refractivity contribution in [2.75, 3.05) is 6.61 Å². The molecule has 2 saturated carbocycles. The van der Waals surface area contributed by atoms with Gasteiger partial charge >= 0.3 is 0 Å². The average molecular weight is 290 g/mol. The Labute approximate surface area is 126 Å². The Morgan fingerprint density at radius 1 is 1.24 bits per heavy atom. The molecular weight excluding hydrogens is 264 g/mol. The maximum absolute atomic E-state index is 12.4. The lowest BCUT2D eigenvalue weighted by molar-refractivity contribution is -0.152. The zero-order valence-corrected chi connectivity index (χ0v) is 13.3. The minimum Gasteiger partial charge on any atom is -0.390 e. The first-order chi connectivity index (χ1) is 9.74. The van der Waals surface area contributed by atoms with Gasteiger partial charge in [-0.1, -0.05) is 19.9 Å². The van der Waals surface area contributed by atoms with E-state index in [1.807, 2.05) is 6.92 Å². The van der Waals surface area contributed by atoms with E-state index >= 15 is 0 Å². The third kappa shape index (κ3) is 1.60. The molecule has 1 spiro atoms. The van der Waals surface area contributed by atoms with E-state index < -0.39 is 11.2 Å². The van der Waals surface area contributed by atoms with Crippen molar-refractivity contribution in [3.63, 3.8) is 0 Å². The molecule has 0 aromatic heterocycles. The summed E-state index contributed by atoms with van der Waals surface area (Å²) in [6, 6.07) is 0. The fourth-order valence-electron chi connectivity index (χ4n) is 5.84. The Hall–Kier alpha value is -0.670. The van der Waals surface area contributed by atoms with Crippen molar-refractivity contribution in [3.05, 3.63) is 12.2 Å². The van der Waals surface area contributed by atoms with Crippen LogP contribution in [0.3, 0.4) is 0 Å². The zero-order valence-electron chi connectivity index (χ0n) is 13.3. The SMILES string of the molecule is CC1(O)CCC2(C)C(CCC3(C)C2C=CC(=O)C32CO2)C1. The van der Waals surface area contributed by atoms with Crippen LogP contribution in [0.25, 0.3) is 0 Å². The minimum absolute atomic E-state index is 0.0622. The molecule has 1 aliphatic heterocycles. The number of carbonyl (C=O) groups is 1. The van der Waals surface area contributed by atoms with Gasteiger partial charge in [-0.2, -0.15) is 0 Å². The molecule has 3 nitrogen and oxygen atoms in total. The zero-order chi connectivity index (χ0) is 15.1. The first kappa shape index (κ1) is 14.0. The quantitative estimate of drug-likeness (QED) is 0.698. The molecule has 0 radical (unpaired) electrons. The van der Waals surface area contributed by atoms with Gasteiger partial charge in [-0.05, 0) is 62.4 Å². The van der Waals surface area contributed by atoms with Crippen molar-refractivity contribution >= 4 is 5.78 Å². The first-order valence-corrected chi connectivity index (χ1v) is 8.33. The smallest absolute Gasteiger partial charge is 0.190 e. The molecule has 1 heterocycles. The van der Waals surface area contributed by atoms with Crippen LogP contribution >= 0.6 is 0 Å². The van der Waals surface area contributed by atoms with E-state index in [1.54, 1.807) is 6.08 Å². The highest BCUT2D eigenvalue weighted by molar-refractivity contribution is 6.01. The van der Waals surface area contributed by atoms with Gasteiger partial charge in [-0.3, -0.25) is 4.79 Å². The summed E-state index contributed by atoms with van der Waals surface area (Å²) in [5.41, 5.74) is -0.918. The number of carbonyl (C=O) groups excluding carboxylic acids is 1. The van der Waals surface area contributed by atoms with Gasteiger partial charge in [0, 0.05) is 5.41 Å². The number of hydrogen-bond donors (Lipinski definition) is 1. The monoisotopic (exact) mass is 290 g/mol. The number of fused-ring (bicyclic) bond motifs is 4. The summed E-state index contributed by atoms with van der Waals surface area (Å²) >= 11 is 0. The average Bonchev–Trinajstić information content (AvgIpc) is 3.19. The summed E-state index contributed by atoms with van der Waals surface area (Å²) < 4.78 is 5.74. The van der Waals surface area contributed by atoms with Crippen LogP contribution < -0.4 is 0 Å². The molecule has 0 aromatic rings. The van der Waals surface area contributed by atoms with Crippen molar-refractivity contribution in [2.45, 2.75) is 64.1 Å². The van der Waals surface area contributed by atoms with Crippen LogP contribution in [0.1, 0.15) is 52.9 Å². The Morgan fingerprint density at radius 2 is 1.95 bits per heavy atom. The van der Waals surface area contributed by atoms with Crippen molar-refractivity contribution in [1.29, 1.82) is 0 Å². The summed E-state index contributed by atoms with van der Waals surface area (Å²) in [7, 11) is 0. The van der Waals surface area contributed by atoms with E-state index in [9.17, 15) is 9.90 Å². The molecule has 6 atom stereocenters. The lowest BCUT2D eigenvalue weighted by atomic mass is 9.43. The van der Waals surface area contributed by atoms with Crippen molar-refractivity contribution < 1.29 is 14.6 Å². The van der Waals surface area contributed by atoms with E-state index in [0.29, 0.717) is 18.4 Å². The molecule has 6 unspecified atom stereocenters. The first-order valence-electron chi connectivity index (χ1n) is 8.33. The number of allylic oxidation sites excluding steroid dienone is 1. The lowest BCUT2D eigenvalue weighted by Crippen LogP contribution is -2.60. The van der Waals surface area contributed by atoms with E-state index in [2.05, 4.69) is 19.9 Å². The van der Waals surface area contributed by atoms with Crippen LogP contribution in [-0.4, -0.2) is 28.7 Å².